The lowest BCUT2D eigenvalue weighted by molar-refractivity contribution is 0.625. The second-order valence-corrected chi connectivity index (χ2v) is 8.72. The van der Waals surface area contributed by atoms with E-state index in [9.17, 15) is 0 Å². The van der Waals surface area contributed by atoms with Crippen LogP contribution in [0, 0.1) is 13.8 Å². The highest BCUT2D eigenvalue weighted by atomic mass is 16.3. The number of aryl methyl sites for hydroxylation is 2. The molecule has 4 rings (SSSR count). The van der Waals surface area contributed by atoms with E-state index in [0.29, 0.717) is 11.8 Å². The van der Waals surface area contributed by atoms with E-state index < -0.39 is 0 Å². The summed E-state index contributed by atoms with van der Waals surface area (Å²) in [4.78, 5) is 4.69. The first-order chi connectivity index (χ1) is 13.8. The Morgan fingerprint density at radius 1 is 0.793 bits per heavy atom. The van der Waals surface area contributed by atoms with Crippen molar-refractivity contribution in [2.24, 2.45) is 0 Å². The Hall–Kier alpha value is -2.87. The number of fused-ring (bicyclic) bond motifs is 1. The highest BCUT2D eigenvalue weighted by Crippen LogP contribution is 2.39. The molecule has 4 aromatic rings. The molecular weight excluding hydrogens is 354 g/mol. The predicted molar refractivity (Wildman–Crippen MR) is 123 cm³/mol. The number of hydrogen-bond donors (Lipinski definition) is 0. The van der Waals surface area contributed by atoms with E-state index in [4.69, 9.17) is 4.42 Å². The summed E-state index contributed by atoms with van der Waals surface area (Å²) < 4.78 is 6.31. The topological polar surface area (TPSA) is 26.0 Å². The standard InChI is InChI=1S/C27H29NO/c1-16(2)22-8-7-9-23(17(3)4)27(22)25-14-21-13-24(28-15-26(21)29-25)20-11-18(5)10-19(6)12-20/h7-17H,1-6H3. The fraction of sp³-hybridized carbons (Fsp3) is 0.296. The first-order valence-electron chi connectivity index (χ1n) is 10.4. The Balaban J connectivity index is 1.88. The lowest BCUT2D eigenvalue weighted by Crippen LogP contribution is -1.98. The van der Waals surface area contributed by atoms with Crippen LogP contribution in [0.25, 0.3) is 33.6 Å². The van der Waals surface area contributed by atoms with Crippen LogP contribution >= 0.6 is 0 Å². The average molecular weight is 384 g/mol. The van der Waals surface area contributed by atoms with E-state index in [1.807, 2.05) is 6.20 Å². The summed E-state index contributed by atoms with van der Waals surface area (Å²) in [6, 6.07) is 17.5. The molecule has 2 aromatic carbocycles. The molecule has 0 fully saturated rings. The molecule has 29 heavy (non-hydrogen) atoms. The predicted octanol–water partition coefficient (Wildman–Crippen LogP) is 8.03. The minimum absolute atomic E-state index is 0.431. The van der Waals surface area contributed by atoms with E-state index in [2.05, 4.69) is 95.1 Å². The van der Waals surface area contributed by atoms with Crippen LogP contribution in [0.4, 0.5) is 0 Å². The molecule has 0 saturated carbocycles. The van der Waals surface area contributed by atoms with Crippen LogP contribution in [0.15, 0.2) is 59.1 Å². The lowest BCUT2D eigenvalue weighted by atomic mass is 9.87. The maximum absolute atomic E-state index is 6.31. The molecule has 2 heterocycles. The van der Waals surface area contributed by atoms with Crippen molar-refractivity contribution < 1.29 is 4.42 Å². The van der Waals surface area contributed by atoms with Crippen LogP contribution in [0.3, 0.4) is 0 Å². The zero-order chi connectivity index (χ0) is 20.7. The van der Waals surface area contributed by atoms with Crippen molar-refractivity contribution in [1.29, 1.82) is 0 Å². The summed E-state index contributed by atoms with van der Waals surface area (Å²) >= 11 is 0. The van der Waals surface area contributed by atoms with Gasteiger partial charge in [-0.1, -0.05) is 63.1 Å². The van der Waals surface area contributed by atoms with E-state index in [1.54, 1.807) is 0 Å². The monoisotopic (exact) mass is 383 g/mol. The van der Waals surface area contributed by atoms with Crippen LogP contribution in [-0.2, 0) is 0 Å². The quantitative estimate of drug-likeness (QED) is 0.356. The third-order valence-corrected chi connectivity index (χ3v) is 5.54. The summed E-state index contributed by atoms with van der Waals surface area (Å²) in [5, 5.41) is 1.09. The molecule has 0 bridgehead atoms. The zero-order valence-corrected chi connectivity index (χ0v) is 18.2. The van der Waals surface area contributed by atoms with Crippen LogP contribution in [0.5, 0.6) is 0 Å². The fourth-order valence-corrected chi connectivity index (χ4v) is 4.18. The fourth-order valence-electron chi connectivity index (χ4n) is 4.18. The second-order valence-electron chi connectivity index (χ2n) is 8.72. The molecule has 2 aromatic heterocycles. The van der Waals surface area contributed by atoms with Crippen LogP contribution in [0.1, 0.15) is 61.8 Å². The third-order valence-electron chi connectivity index (χ3n) is 5.54. The maximum atomic E-state index is 6.31. The molecule has 0 atom stereocenters. The third kappa shape index (κ3) is 3.72. The van der Waals surface area contributed by atoms with Crippen molar-refractivity contribution in [3.8, 4) is 22.6 Å². The molecule has 0 amide bonds. The molecule has 2 nitrogen and oxygen atoms in total. The van der Waals surface area contributed by atoms with E-state index in [-0.39, 0.29) is 0 Å². The number of furan rings is 1. The van der Waals surface area contributed by atoms with Gasteiger partial charge in [-0.3, -0.25) is 4.98 Å². The van der Waals surface area contributed by atoms with E-state index in [0.717, 1.165) is 28.0 Å². The molecule has 0 radical (unpaired) electrons. The lowest BCUT2D eigenvalue weighted by Gasteiger charge is -2.17. The number of aromatic nitrogens is 1. The number of hydrogen-bond acceptors (Lipinski definition) is 2. The molecule has 148 valence electrons. The first kappa shape index (κ1) is 19.4. The van der Waals surface area contributed by atoms with Crippen molar-refractivity contribution in [2.45, 2.75) is 53.4 Å². The molecule has 0 aliphatic heterocycles. The number of pyridine rings is 1. The van der Waals surface area contributed by atoms with Crippen LogP contribution in [-0.4, -0.2) is 4.98 Å². The molecule has 2 heteroatoms. The van der Waals surface area contributed by atoms with Gasteiger partial charge in [-0.15, -0.1) is 0 Å². The molecule has 0 spiro atoms. The molecule has 0 aliphatic rings. The summed E-state index contributed by atoms with van der Waals surface area (Å²) in [6.45, 7) is 13.2. The largest absolute Gasteiger partial charge is 0.454 e. The first-order valence-corrected chi connectivity index (χ1v) is 10.4. The van der Waals surface area contributed by atoms with Crippen molar-refractivity contribution in [1.82, 2.24) is 4.98 Å². The van der Waals surface area contributed by atoms with Gasteiger partial charge in [0, 0.05) is 16.5 Å². The van der Waals surface area contributed by atoms with Gasteiger partial charge in [-0.05, 0) is 61.1 Å². The van der Waals surface area contributed by atoms with Gasteiger partial charge in [0.25, 0.3) is 0 Å². The molecule has 0 N–H and O–H groups in total. The summed E-state index contributed by atoms with van der Waals surface area (Å²) in [5.74, 6) is 1.80. The minimum atomic E-state index is 0.431. The van der Waals surface area contributed by atoms with Crippen molar-refractivity contribution >= 4 is 11.0 Å². The van der Waals surface area contributed by atoms with Crippen molar-refractivity contribution in [3.05, 3.63) is 77.0 Å². The van der Waals surface area contributed by atoms with Gasteiger partial charge in [-0.2, -0.15) is 0 Å². The maximum Gasteiger partial charge on any atom is 0.153 e. The van der Waals surface area contributed by atoms with Gasteiger partial charge in [0.1, 0.15) is 5.76 Å². The van der Waals surface area contributed by atoms with Crippen LogP contribution in [0.2, 0.25) is 0 Å². The van der Waals surface area contributed by atoms with Gasteiger partial charge in [0.15, 0.2) is 5.58 Å². The normalized spacial score (nSPS) is 11.7. The number of benzene rings is 2. The van der Waals surface area contributed by atoms with Crippen LogP contribution < -0.4 is 0 Å². The van der Waals surface area contributed by atoms with Crippen molar-refractivity contribution in [3.63, 3.8) is 0 Å². The second kappa shape index (κ2) is 7.51. The minimum Gasteiger partial charge on any atom is -0.454 e. The smallest absolute Gasteiger partial charge is 0.153 e. The Bertz CT molecular complexity index is 1130. The molecule has 0 unspecified atom stereocenters. The van der Waals surface area contributed by atoms with Gasteiger partial charge < -0.3 is 4.42 Å². The Labute approximate surface area is 173 Å². The van der Waals surface area contributed by atoms with Gasteiger partial charge >= 0.3 is 0 Å². The Morgan fingerprint density at radius 2 is 1.41 bits per heavy atom. The molecular formula is C27H29NO. The highest BCUT2D eigenvalue weighted by Gasteiger charge is 2.19. The summed E-state index contributed by atoms with van der Waals surface area (Å²) in [6.07, 6.45) is 1.86. The van der Waals surface area contributed by atoms with Gasteiger partial charge in [0.2, 0.25) is 0 Å². The van der Waals surface area contributed by atoms with E-state index >= 15 is 0 Å². The number of rotatable bonds is 4. The molecule has 0 aliphatic carbocycles. The Morgan fingerprint density at radius 3 is 2.00 bits per heavy atom. The highest BCUT2D eigenvalue weighted by molar-refractivity contribution is 5.86. The van der Waals surface area contributed by atoms with Crippen molar-refractivity contribution in [2.75, 3.05) is 0 Å². The van der Waals surface area contributed by atoms with E-state index in [1.165, 1.54) is 27.8 Å². The number of nitrogens with zero attached hydrogens (tertiary/aromatic N) is 1. The summed E-state index contributed by atoms with van der Waals surface area (Å²) in [7, 11) is 0. The van der Waals surface area contributed by atoms with Gasteiger partial charge in [-0.25, -0.2) is 0 Å². The average Bonchev–Trinajstić information content (AvgIpc) is 3.09. The Kier molecular flexibility index (Phi) is 5.04. The molecule has 0 saturated heterocycles. The summed E-state index contributed by atoms with van der Waals surface area (Å²) in [5.41, 5.74) is 9.37. The van der Waals surface area contributed by atoms with Gasteiger partial charge in [0.05, 0.1) is 11.9 Å². The zero-order valence-electron chi connectivity index (χ0n) is 18.2. The SMILES string of the molecule is Cc1cc(C)cc(-c2cc3cc(-c4c(C(C)C)cccc4C(C)C)oc3cn2)c1.